The lowest BCUT2D eigenvalue weighted by Crippen LogP contribution is -2.55. The van der Waals surface area contributed by atoms with E-state index >= 15 is 0 Å². The van der Waals surface area contributed by atoms with Gasteiger partial charge < -0.3 is 20.4 Å². The first kappa shape index (κ1) is 20.4. The van der Waals surface area contributed by atoms with Gasteiger partial charge in [-0.3, -0.25) is 4.79 Å². The molecule has 6 nitrogen and oxygen atoms in total. The standard InChI is InChI=1S/C19H25F3N4O2/c1-13-11-26(9-7-23-13)18(28)24-16(12-25-8-3-6-17(25)27)14-4-2-5-15(10-14)19(20,21)22/h2,4-5,10,13,16,23H,3,6-9,11-12H2,1H3,(H,24,28). The van der Waals surface area contributed by atoms with E-state index in [2.05, 4.69) is 10.6 Å². The number of urea groups is 1. The minimum absolute atomic E-state index is 0.0398. The number of amides is 3. The van der Waals surface area contributed by atoms with Crippen molar-refractivity contribution in [3.63, 3.8) is 0 Å². The summed E-state index contributed by atoms with van der Waals surface area (Å²) in [6.07, 6.45) is -3.32. The molecule has 0 spiro atoms. The number of piperazine rings is 1. The van der Waals surface area contributed by atoms with Gasteiger partial charge in [-0.25, -0.2) is 4.79 Å². The zero-order valence-corrected chi connectivity index (χ0v) is 15.8. The Labute approximate surface area is 162 Å². The van der Waals surface area contributed by atoms with E-state index in [0.29, 0.717) is 38.2 Å². The van der Waals surface area contributed by atoms with Gasteiger partial charge in [-0.2, -0.15) is 13.2 Å². The number of alkyl halides is 3. The van der Waals surface area contributed by atoms with Crippen LogP contribution in [0.25, 0.3) is 0 Å². The Morgan fingerprint density at radius 2 is 2.14 bits per heavy atom. The molecule has 3 amide bonds. The quantitative estimate of drug-likeness (QED) is 0.819. The molecule has 2 saturated heterocycles. The van der Waals surface area contributed by atoms with Crippen LogP contribution in [0.3, 0.4) is 0 Å². The fourth-order valence-corrected chi connectivity index (χ4v) is 3.64. The van der Waals surface area contributed by atoms with Crippen molar-refractivity contribution >= 4 is 11.9 Å². The number of nitrogens with one attached hydrogen (secondary N) is 2. The minimum atomic E-state index is -4.47. The lowest BCUT2D eigenvalue weighted by molar-refractivity contribution is -0.137. The van der Waals surface area contributed by atoms with E-state index in [1.54, 1.807) is 15.9 Å². The van der Waals surface area contributed by atoms with Gasteiger partial charge in [0.05, 0.1) is 11.6 Å². The van der Waals surface area contributed by atoms with Crippen LogP contribution in [0.15, 0.2) is 24.3 Å². The molecule has 2 heterocycles. The van der Waals surface area contributed by atoms with E-state index in [1.165, 1.54) is 6.07 Å². The number of benzene rings is 1. The van der Waals surface area contributed by atoms with Gasteiger partial charge in [0.1, 0.15) is 0 Å². The van der Waals surface area contributed by atoms with Crippen molar-refractivity contribution in [3.8, 4) is 0 Å². The molecule has 0 saturated carbocycles. The summed E-state index contributed by atoms with van der Waals surface area (Å²) in [5.41, 5.74) is -0.432. The van der Waals surface area contributed by atoms with E-state index in [9.17, 15) is 22.8 Å². The first-order valence-corrected chi connectivity index (χ1v) is 9.48. The van der Waals surface area contributed by atoms with Gasteiger partial charge in [0, 0.05) is 45.2 Å². The van der Waals surface area contributed by atoms with Crippen molar-refractivity contribution in [3.05, 3.63) is 35.4 Å². The molecule has 2 aliphatic heterocycles. The molecule has 1 aromatic carbocycles. The molecule has 2 unspecified atom stereocenters. The minimum Gasteiger partial charge on any atom is -0.340 e. The highest BCUT2D eigenvalue weighted by molar-refractivity contribution is 5.78. The lowest BCUT2D eigenvalue weighted by atomic mass is 10.0. The number of halogens is 3. The number of rotatable bonds is 4. The molecular formula is C19H25F3N4O2. The largest absolute Gasteiger partial charge is 0.416 e. The SMILES string of the molecule is CC1CN(C(=O)NC(CN2CCCC2=O)c2cccc(C(F)(F)F)c2)CCN1. The number of hydrogen-bond acceptors (Lipinski definition) is 3. The maximum Gasteiger partial charge on any atom is 0.416 e. The second-order valence-electron chi connectivity index (χ2n) is 7.37. The molecule has 2 N–H and O–H groups in total. The average molecular weight is 398 g/mol. The molecule has 0 aromatic heterocycles. The molecule has 28 heavy (non-hydrogen) atoms. The highest BCUT2D eigenvalue weighted by Crippen LogP contribution is 2.31. The number of hydrogen-bond donors (Lipinski definition) is 2. The highest BCUT2D eigenvalue weighted by atomic mass is 19.4. The van der Waals surface area contributed by atoms with Crippen LogP contribution in [0.2, 0.25) is 0 Å². The van der Waals surface area contributed by atoms with Gasteiger partial charge in [0.15, 0.2) is 0 Å². The number of carbonyl (C=O) groups excluding carboxylic acids is 2. The van der Waals surface area contributed by atoms with Crippen LogP contribution in [0, 0.1) is 0 Å². The topological polar surface area (TPSA) is 64.7 Å². The molecule has 0 radical (unpaired) electrons. The van der Waals surface area contributed by atoms with Crippen LogP contribution in [0.5, 0.6) is 0 Å². The Bertz CT molecular complexity index is 725. The first-order valence-electron chi connectivity index (χ1n) is 9.48. The van der Waals surface area contributed by atoms with Crippen molar-refractivity contribution in [1.29, 1.82) is 0 Å². The van der Waals surface area contributed by atoms with Gasteiger partial charge in [-0.1, -0.05) is 12.1 Å². The summed E-state index contributed by atoms with van der Waals surface area (Å²) in [5.74, 6) is -0.0398. The molecule has 3 rings (SSSR count). The number of likely N-dealkylation sites (tertiary alicyclic amines) is 1. The van der Waals surface area contributed by atoms with Crippen molar-refractivity contribution in [2.75, 3.05) is 32.7 Å². The van der Waals surface area contributed by atoms with Crippen LogP contribution >= 0.6 is 0 Å². The zero-order valence-electron chi connectivity index (χ0n) is 15.8. The molecular weight excluding hydrogens is 373 g/mol. The second-order valence-corrected chi connectivity index (χ2v) is 7.37. The van der Waals surface area contributed by atoms with E-state index in [-0.39, 0.29) is 24.5 Å². The maximum absolute atomic E-state index is 13.1. The fourth-order valence-electron chi connectivity index (χ4n) is 3.64. The fraction of sp³-hybridized carbons (Fsp3) is 0.579. The monoisotopic (exact) mass is 398 g/mol. The molecule has 0 bridgehead atoms. The van der Waals surface area contributed by atoms with Crippen molar-refractivity contribution < 1.29 is 22.8 Å². The molecule has 2 aliphatic rings. The van der Waals surface area contributed by atoms with Gasteiger partial charge in [0.2, 0.25) is 5.91 Å². The Hall–Kier alpha value is -2.29. The predicted octanol–water partition coefficient (Wildman–Crippen LogP) is 2.37. The van der Waals surface area contributed by atoms with E-state index in [1.807, 2.05) is 6.92 Å². The Morgan fingerprint density at radius 1 is 1.36 bits per heavy atom. The maximum atomic E-state index is 13.1. The van der Waals surface area contributed by atoms with E-state index < -0.39 is 17.8 Å². The van der Waals surface area contributed by atoms with Gasteiger partial charge >= 0.3 is 12.2 Å². The van der Waals surface area contributed by atoms with Crippen LogP contribution in [0.4, 0.5) is 18.0 Å². The van der Waals surface area contributed by atoms with Gasteiger partial charge in [-0.15, -0.1) is 0 Å². The highest BCUT2D eigenvalue weighted by Gasteiger charge is 2.32. The summed E-state index contributed by atoms with van der Waals surface area (Å²) in [5, 5.41) is 6.09. The van der Waals surface area contributed by atoms with E-state index in [4.69, 9.17) is 0 Å². The molecule has 2 atom stereocenters. The molecule has 0 aliphatic carbocycles. The summed E-state index contributed by atoms with van der Waals surface area (Å²) in [4.78, 5) is 28.0. The third kappa shape index (κ3) is 4.95. The number of nitrogens with zero attached hydrogens (tertiary/aromatic N) is 2. The van der Waals surface area contributed by atoms with Crippen LogP contribution in [-0.2, 0) is 11.0 Å². The second kappa shape index (κ2) is 8.38. The summed E-state index contributed by atoms with van der Waals surface area (Å²) in [6, 6.07) is 4.04. The summed E-state index contributed by atoms with van der Waals surface area (Å²) in [7, 11) is 0. The third-order valence-corrected chi connectivity index (χ3v) is 5.14. The Kier molecular flexibility index (Phi) is 6.12. The van der Waals surface area contributed by atoms with Crippen LogP contribution in [0.1, 0.15) is 36.9 Å². The Morgan fingerprint density at radius 3 is 2.79 bits per heavy atom. The number of carbonyl (C=O) groups is 2. The molecule has 9 heteroatoms. The Balaban J connectivity index is 1.80. The van der Waals surface area contributed by atoms with Gasteiger partial charge in [-0.05, 0) is 31.0 Å². The van der Waals surface area contributed by atoms with E-state index in [0.717, 1.165) is 18.6 Å². The smallest absolute Gasteiger partial charge is 0.340 e. The average Bonchev–Trinajstić information content (AvgIpc) is 3.05. The summed E-state index contributed by atoms with van der Waals surface area (Å²) >= 11 is 0. The predicted molar refractivity (Wildman–Crippen MR) is 97.6 cm³/mol. The van der Waals surface area contributed by atoms with Gasteiger partial charge in [0.25, 0.3) is 0 Å². The third-order valence-electron chi connectivity index (χ3n) is 5.14. The first-order chi connectivity index (χ1) is 13.2. The van der Waals surface area contributed by atoms with Crippen molar-refractivity contribution in [1.82, 2.24) is 20.4 Å². The molecule has 1 aromatic rings. The lowest BCUT2D eigenvalue weighted by Gasteiger charge is -2.34. The summed E-state index contributed by atoms with van der Waals surface area (Å²) in [6.45, 7) is 4.38. The van der Waals surface area contributed by atoms with Crippen LogP contribution < -0.4 is 10.6 Å². The summed E-state index contributed by atoms with van der Waals surface area (Å²) < 4.78 is 39.4. The normalized spacial score (nSPS) is 21.7. The van der Waals surface area contributed by atoms with Crippen LogP contribution in [-0.4, -0.2) is 60.5 Å². The van der Waals surface area contributed by atoms with Crippen molar-refractivity contribution in [2.24, 2.45) is 0 Å². The zero-order chi connectivity index (χ0) is 20.3. The molecule has 154 valence electrons. The molecule has 2 fully saturated rings. The van der Waals surface area contributed by atoms with Crippen molar-refractivity contribution in [2.45, 2.75) is 38.0 Å².